The first-order valence-electron chi connectivity index (χ1n) is 4.59. The van der Waals surface area contributed by atoms with Gasteiger partial charge in [0.25, 0.3) is 0 Å². The van der Waals surface area contributed by atoms with Crippen molar-refractivity contribution in [1.29, 1.82) is 0 Å². The summed E-state index contributed by atoms with van der Waals surface area (Å²) in [5.41, 5.74) is -0.973. The first-order chi connectivity index (χ1) is 6.11. The smallest absolute Gasteiger partial charge is 0.335 e. The Morgan fingerprint density at radius 2 is 2.31 bits per heavy atom. The van der Waals surface area contributed by atoms with Crippen LogP contribution < -0.4 is 0 Å². The topological polar surface area (TPSA) is 46.5 Å². The average molecular weight is 184 g/mol. The van der Waals surface area contributed by atoms with Crippen LogP contribution in [-0.2, 0) is 9.53 Å². The van der Waals surface area contributed by atoms with Crippen LogP contribution in [0.5, 0.6) is 0 Å². The lowest BCUT2D eigenvalue weighted by molar-refractivity contribution is -0.165. The zero-order valence-electron chi connectivity index (χ0n) is 8.12. The SMILES string of the molecule is CC=CCOC(C)(C(=O)O)C1CC1. The molecule has 1 N–H and O–H groups in total. The molecule has 0 amide bonds. The second kappa shape index (κ2) is 3.92. The van der Waals surface area contributed by atoms with Crippen molar-refractivity contribution in [3.8, 4) is 0 Å². The van der Waals surface area contributed by atoms with Gasteiger partial charge in [-0.3, -0.25) is 0 Å². The first-order valence-corrected chi connectivity index (χ1v) is 4.59. The van der Waals surface area contributed by atoms with E-state index in [1.54, 1.807) is 6.92 Å². The van der Waals surface area contributed by atoms with Crippen LogP contribution in [0, 0.1) is 5.92 Å². The van der Waals surface area contributed by atoms with Crippen molar-refractivity contribution in [2.45, 2.75) is 32.3 Å². The van der Waals surface area contributed by atoms with E-state index in [0.29, 0.717) is 6.61 Å². The Hall–Kier alpha value is -0.830. The molecule has 1 aliphatic rings. The molecule has 0 bridgehead atoms. The second-order valence-corrected chi connectivity index (χ2v) is 3.57. The second-order valence-electron chi connectivity index (χ2n) is 3.57. The van der Waals surface area contributed by atoms with Gasteiger partial charge < -0.3 is 9.84 Å². The summed E-state index contributed by atoms with van der Waals surface area (Å²) in [6.07, 6.45) is 5.62. The quantitative estimate of drug-likeness (QED) is 0.663. The minimum Gasteiger partial charge on any atom is -0.479 e. The summed E-state index contributed by atoms with van der Waals surface area (Å²) in [6.45, 7) is 3.94. The maximum absolute atomic E-state index is 10.9. The van der Waals surface area contributed by atoms with E-state index in [9.17, 15) is 4.79 Å². The Kier molecular flexibility index (Phi) is 3.09. The highest BCUT2D eigenvalue weighted by Crippen LogP contribution is 2.41. The summed E-state index contributed by atoms with van der Waals surface area (Å²) in [4.78, 5) is 10.9. The van der Waals surface area contributed by atoms with Gasteiger partial charge in [0, 0.05) is 0 Å². The summed E-state index contributed by atoms with van der Waals surface area (Å²) in [6, 6.07) is 0. The minimum atomic E-state index is -0.973. The van der Waals surface area contributed by atoms with E-state index in [1.807, 2.05) is 19.1 Å². The molecule has 0 aliphatic heterocycles. The van der Waals surface area contributed by atoms with Crippen molar-refractivity contribution in [3.05, 3.63) is 12.2 Å². The number of aliphatic carboxylic acids is 1. The molecule has 1 unspecified atom stereocenters. The predicted molar refractivity (Wildman–Crippen MR) is 49.5 cm³/mol. The van der Waals surface area contributed by atoms with Crippen LogP contribution >= 0.6 is 0 Å². The number of ether oxygens (including phenoxy) is 1. The number of carboxylic acid groups (broad SMARTS) is 1. The van der Waals surface area contributed by atoms with Gasteiger partial charge in [-0.25, -0.2) is 4.79 Å². The summed E-state index contributed by atoms with van der Waals surface area (Å²) in [5.74, 6) is -0.644. The van der Waals surface area contributed by atoms with E-state index in [0.717, 1.165) is 12.8 Å². The zero-order valence-corrected chi connectivity index (χ0v) is 8.12. The molecule has 3 nitrogen and oxygen atoms in total. The van der Waals surface area contributed by atoms with Crippen molar-refractivity contribution in [2.75, 3.05) is 6.61 Å². The van der Waals surface area contributed by atoms with E-state index < -0.39 is 11.6 Å². The molecular weight excluding hydrogens is 168 g/mol. The molecular formula is C10H16O3. The summed E-state index contributed by atoms with van der Waals surface area (Å²) in [7, 11) is 0. The van der Waals surface area contributed by atoms with E-state index >= 15 is 0 Å². The van der Waals surface area contributed by atoms with Gasteiger partial charge in [0.1, 0.15) is 0 Å². The molecule has 0 saturated heterocycles. The highest BCUT2D eigenvalue weighted by Gasteiger charge is 2.48. The molecule has 1 aliphatic carbocycles. The van der Waals surface area contributed by atoms with Gasteiger partial charge in [0.05, 0.1) is 6.61 Å². The Morgan fingerprint density at radius 3 is 2.69 bits per heavy atom. The molecule has 0 spiro atoms. The summed E-state index contributed by atoms with van der Waals surface area (Å²) in [5, 5.41) is 8.99. The molecule has 0 radical (unpaired) electrons. The normalized spacial score (nSPS) is 21.7. The molecule has 1 atom stereocenters. The Morgan fingerprint density at radius 1 is 1.69 bits per heavy atom. The van der Waals surface area contributed by atoms with Crippen molar-refractivity contribution in [3.63, 3.8) is 0 Å². The summed E-state index contributed by atoms with van der Waals surface area (Å²) < 4.78 is 5.37. The monoisotopic (exact) mass is 184 g/mol. The fourth-order valence-corrected chi connectivity index (χ4v) is 1.31. The lowest BCUT2D eigenvalue weighted by Gasteiger charge is -2.24. The van der Waals surface area contributed by atoms with Crippen LogP contribution in [0.15, 0.2) is 12.2 Å². The van der Waals surface area contributed by atoms with Crippen LogP contribution in [0.4, 0.5) is 0 Å². The molecule has 3 heteroatoms. The Balaban J connectivity index is 2.51. The largest absolute Gasteiger partial charge is 0.479 e. The van der Waals surface area contributed by atoms with Gasteiger partial charge in [0.15, 0.2) is 5.60 Å². The number of carboxylic acids is 1. The lowest BCUT2D eigenvalue weighted by atomic mass is 10.0. The fraction of sp³-hybridized carbons (Fsp3) is 0.700. The molecule has 74 valence electrons. The lowest BCUT2D eigenvalue weighted by Crippen LogP contribution is -2.40. The van der Waals surface area contributed by atoms with Crippen molar-refractivity contribution in [2.24, 2.45) is 5.92 Å². The van der Waals surface area contributed by atoms with Gasteiger partial charge >= 0.3 is 5.97 Å². The highest BCUT2D eigenvalue weighted by molar-refractivity contribution is 5.77. The Labute approximate surface area is 78.4 Å². The molecule has 1 rings (SSSR count). The minimum absolute atomic E-state index is 0.204. The van der Waals surface area contributed by atoms with Gasteiger partial charge in [-0.15, -0.1) is 0 Å². The highest BCUT2D eigenvalue weighted by atomic mass is 16.5. The van der Waals surface area contributed by atoms with E-state index in [-0.39, 0.29) is 5.92 Å². The van der Waals surface area contributed by atoms with Crippen molar-refractivity contribution >= 4 is 5.97 Å². The molecule has 0 aromatic heterocycles. The molecule has 0 heterocycles. The van der Waals surface area contributed by atoms with Gasteiger partial charge in [-0.1, -0.05) is 12.2 Å². The maximum atomic E-state index is 10.9. The molecule has 13 heavy (non-hydrogen) atoms. The van der Waals surface area contributed by atoms with Gasteiger partial charge in [0.2, 0.25) is 0 Å². The number of hydrogen-bond donors (Lipinski definition) is 1. The Bertz CT molecular complexity index is 218. The maximum Gasteiger partial charge on any atom is 0.335 e. The molecule has 1 fully saturated rings. The third-order valence-electron chi connectivity index (χ3n) is 2.50. The molecule has 1 saturated carbocycles. The van der Waals surface area contributed by atoms with E-state index in [4.69, 9.17) is 9.84 Å². The standard InChI is InChI=1S/C10H16O3/c1-3-4-7-13-10(2,9(11)12)8-5-6-8/h3-4,8H,5-7H2,1-2H3,(H,11,12). The predicted octanol–water partition coefficient (Wildman–Crippen LogP) is 1.83. The van der Waals surface area contributed by atoms with Gasteiger partial charge in [-0.2, -0.15) is 0 Å². The molecule has 0 aromatic rings. The van der Waals surface area contributed by atoms with Crippen molar-refractivity contribution < 1.29 is 14.6 Å². The van der Waals surface area contributed by atoms with Crippen LogP contribution in [0.25, 0.3) is 0 Å². The third kappa shape index (κ3) is 2.31. The van der Waals surface area contributed by atoms with E-state index in [2.05, 4.69) is 0 Å². The average Bonchev–Trinajstić information content (AvgIpc) is 2.86. The third-order valence-corrected chi connectivity index (χ3v) is 2.50. The number of carbonyl (C=O) groups is 1. The fourth-order valence-electron chi connectivity index (χ4n) is 1.31. The number of allylic oxidation sites excluding steroid dienone is 1. The number of rotatable bonds is 5. The number of hydrogen-bond acceptors (Lipinski definition) is 2. The van der Waals surface area contributed by atoms with Crippen LogP contribution in [-0.4, -0.2) is 23.3 Å². The van der Waals surface area contributed by atoms with E-state index in [1.165, 1.54) is 0 Å². The molecule has 0 aromatic carbocycles. The zero-order chi connectivity index (χ0) is 9.90. The van der Waals surface area contributed by atoms with Crippen molar-refractivity contribution in [1.82, 2.24) is 0 Å². The first kappa shape index (κ1) is 10.3. The van der Waals surface area contributed by atoms with Crippen LogP contribution in [0.3, 0.4) is 0 Å². The van der Waals surface area contributed by atoms with Gasteiger partial charge in [-0.05, 0) is 32.6 Å². The summed E-state index contributed by atoms with van der Waals surface area (Å²) >= 11 is 0. The van der Waals surface area contributed by atoms with Crippen LogP contribution in [0.1, 0.15) is 26.7 Å². The van der Waals surface area contributed by atoms with Crippen LogP contribution in [0.2, 0.25) is 0 Å².